The molecule has 0 bridgehead atoms. The van der Waals surface area contributed by atoms with Gasteiger partial charge in [0, 0.05) is 35.0 Å². The number of nitrogens with zero attached hydrogens (tertiary/aromatic N) is 2. The Morgan fingerprint density at radius 1 is 1.42 bits per heavy atom. The highest BCUT2D eigenvalue weighted by atomic mass is 35.5. The number of nitrogens with one attached hydrogen (secondary N) is 2. The number of hydrogen-bond acceptors (Lipinski definition) is 4. The van der Waals surface area contributed by atoms with Gasteiger partial charge in [0.15, 0.2) is 5.13 Å². The Morgan fingerprint density at radius 2 is 2.17 bits per heavy atom. The minimum atomic E-state index is 0. The molecule has 1 amide bonds. The summed E-state index contributed by atoms with van der Waals surface area (Å²) in [6, 6.07) is 2.67. The monoisotopic (exact) mass is 390 g/mol. The summed E-state index contributed by atoms with van der Waals surface area (Å²) in [5.41, 5.74) is 2.74. The van der Waals surface area contributed by atoms with E-state index in [0.717, 1.165) is 41.5 Å². The number of aromatic nitrogens is 2. The average molecular weight is 391 g/mol. The van der Waals surface area contributed by atoms with Gasteiger partial charge in [0.1, 0.15) is 0 Å². The quantitative estimate of drug-likeness (QED) is 0.845. The molecule has 1 saturated heterocycles. The van der Waals surface area contributed by atoms with Crippen molar-refractivity contribution in [3.8, 4) is 5.13 Å². The van der Waals surface area contributed by atoms with E-state index >= 15 is 0 Å². The van der Waals surface area contributed by atoms with E-state index in [9.17, 15) is 4.79 Å². The number of piperidine rings is 1. The van der Waals surface area contributed by atoms with Crippen molar-refractivity contribution in [1.82, 2.24) is 20.2 Å². The fourth-order valence-corrected chi connectivity index (χ4v) is 3.89. The fourth-order valence-electron chi connectivity index (χ4n) is 3.14. The van der Waals surface area contributed by atoms with Crippen molar-refractivity contribution >= 4 is 42.1 Å². The maximum Gasteiger partial charge on any atom is 0.253 e. The summed E-state index contributed by atoms with van der Waals surface area (Å²) in [6.45, 7) is 7.11. The number of carbonyl (C=O) groups is 1. The van der Waals surface area contributed by atoms with Crippen molar-refractivity contribution in [2.45, 2.75) is 45.7 Å². The summed E-state index contributed by atoms with van der Waals surface area (Å²) < 4.78 is 2.05. The van der Waals surface area contributed by atoms with E-state index in [2.05, 4.69) is 22.5 Å². The van der Waals surface area contributed by atoms with Crippen molar-refractivity contribution in [1.29, 1.82) is 0 Å². The van der Waals surface area contributed by atoms with E-state index in [1.165, 1.54) is 0 Å². The molecule has 2 atom stereocenters. The summed E-state index contributed by atoms with van der Waals surface area (Å²) >= 11 is 1.58. The van der Waals surface area contributed by atoms with Crippen molar-refractivity contribution in [3.63, 3.8) is 0 Å². The normalized spacial score (nSPS) is 20.0. The lowest BCUT2D eigenvalue weighted by Crippen LogP contribution is -2.46. The molecule has 1 fully saturated rings. The third-order valence-corrected chi connectivity index (χ3v) is 5.00. The lowest BCUT2D eigenvalue weighted by Gasteiger charge is -2.28. The van der Waals surface area contributed by atoms with Crippen molar-refractivity contribution in [2.24, 2.45) is 0 Å². The van der Waals surface area contributed by atoms with Crippen LogP contribution in [0.4, 0.5) is 0 Å². The molecular weight excluding hydrogens is 367 g/mol. The van der Waals surface area contributed by atoms with Crippen molar-refractivity contribution < 1.29 is 4.79 Å². The van der Waals surface area contributed by atoms with Gasteiger partial charge in [-0.2, -0.15) is 0 Å². The van der Waals surface area contributed by atoms with Crippen LogP contribution in [0, 0.1) is 13.8 Å². The average Bonchev–Trinajstić information content (AvgIpc) is 3.07. The third kappa shape index (κ3) is 4.30. The van der Waals surface area contributed by atoms with E-state index < -0.39 is 0 Å². The van der Waals surface area contributed by atoms with Crippen LogP contribution < -0.4 is 10.6 Å². The first-order valence-corrected chi connectivity index (χ1v) is 8.57. The topological polar surface area (TPSA) is 59.0 Å². The highest BCUT2D eigenvalue weighted by Crippen LogP contribution is 2.22. The first-order chi connectivity index (χ1) is 10.6. The van der Waals surface area contributed by atoms with Gasteiger partial charge < -0.3 is 10.6 Å². The molecule has 8 heteroatoms. The lowest BCUT2D eigenvalue weighted by molar-refractivity contribution is 0.0925. The van der Waals surface area contributed by atoms with Gasteiger partial charge in [0.25, 0.3) is 5.91 Å². The van der Waals surface area contributed by atoms with Gasteiger partial charge in [-0.25, -0.2) is 4.98 Å². The summed E-state index contributed by atoms with van der Waals surface area (Å²) in [6.07, 6.45) is 3.76. The van der Waals surface area contributed by atoms with Gasteiger partial charge in [-0.05, 0) is 46.2 Å². The zero-order valence-electron chi connectivity index (χ0n) is 14.0. The molecule has 0 saturated carbocycles. The van der Waals surface area contributed by atoms with Crippen LogP contribution >= 0.6 is 36.2 Å². The second kappa shape index (κ2) is 8.85. The smallest absolute Gasteiger partial charge is 0.253 e. The molecule has 134 valence electrons. The fraction of sp³-hybridized carbons (Fsp3) is 0.500. The Bertz CT molecular complexity index is 672. The van der Waals surface area contributed by atoms with Crippen molar-refractivity contribution in [3.05, 3.63) is 34.6 Å². The van der Waals surface area contributed by atoms with E-state index in [4.69, 9.17) is 0 Å². The van der Waals surface area contributed by atoms with Crippen LogP contribution in [0.5, 0.6) is 0 Å². The van der Waals surface area contributed by atoms with Gasteiger partial charge in [0.05, 0.1) is 5.56 Å². The summed E-state index contributed by atoms with van der Waals surface area (Å²) in [5.74, 6) is 0.0232. The number of halogens is 2. The van der Waals surface area contributed by atoms with Crippen LogP contribution in [0.3, 0.4) is 0 Å². The van der Waals surface area contributed by atoms with Gasteiger partial charge >= 0.3 is 0 Å². The molecule has 2 N–H and O–H groups in total. The van der Waals surface area contributed by atoms with E-state index in [-0.39, 0.29) is 36.8 Å². The molecule has 1 aliphatic rings. The molecule has 24 heavy (non-hydrogen) atoms. The number of rotatable bonds is 3. The first kappa shape index (κ1) is 21.0. The third-order valence-electron chi connectivity index (χ3n) is 4.25. The van der Waals surface area contributed by atoms with Gasteiger partial charge in [-0.3, -0.25) is 9.36 Å². The molecule has 1 aliphatic heterocycles. The van der Waals surface area contributed by atoms with Crippen LogP contribution in [-0.2, 0) is 0 Å². The Labute approximate surface area is 159 Å². The molecule has 0 radical (unpaired) electrons. The Balaban J connectivity index is 0.00000144. The number of thiazole rings is 1. The second-order valence-corrected chi connectivity index (χ2v) is 6.86. The van der Waals surface area contributed by atoms with Crippen LogP contribution in [0.1, 0.15) is 41.5 Å². The molecule has 5 nitrogen and oxygen atoms in total. The number of amides is 1. The van der Waals surface area contributed by atoms with E-state index in [1.54, 1.807) is 17.5 Å². The van der Waals surface area contributed by atoms with Crippen LogP contribution in [0.2, 0.25) is 0 Å². The number of hydrogen-bond donors (Lipinski definition) is 2. The van der Waals surface area contributed by atoms with Crippen molar-refractivity contribution in [2.75, 3.05) is 6.54 Å². The highest BCUT2D eigenvalue weighted by Gasteiger charge is 2.23. The standard InChI is InChI=1S/C16H22N4OS.2ClH/c1-10-8-13(4-5-17-10)19-15(21)14-9-11(2)20(12(14)3)16-18-6-7-22-16;;/h6-7,9-10,13,17H,4-5,8H2,1-3H3,(H,19,21);2*1H. The number of aryl methyl sites for hydroxylation is 1. The zero-order chi connectivity index (χ0) is 15.7. The molecule has 0 aliphatic carbocycles. The van der Waals surface area contributed by atoms with E-state index in [1.807, 2.05) is 29.9 Å². The summed E-state index contributed by atoms with van der Waals surface area (Å²) in [5, 5.41) is 9.44. The zero-order valence-corrected chi connectivity index (χ0v) is 16.5. The molecule has 3 rings (SSSR count). The molecule has 2 aromatic rings. The molecule has 0 spiro atoms. The predicted octanol–water partition coefficient (Wildman–Crippen LogP) is 3.26. The molecule has 0 aromatic carbocycles. The van der Waals surface area contributed by atoms with Crippen LogP contribution in [0.25, 0.3) is 5.13 Å². The molecular formula is C16H24Cl2N4OS. The van der Waals surface area contributed by atoms with Gasteiger partial charge in [0.2, 0.25) is 0 Å². The molecule has 2 aromatic heterocycles. The Hall–Kier alpha value is -1.08. The Morgan fingerprint density at radius 3 is 2.79 bits per heavy atom. The van der Waals surface area contributed by atoms with E-state index in [0.29, 0.717) is 6.04 Å². The van der Waals surface area contributed by atoms with Gasteiger partial charge in [-0.1, -0.05) is 0 Å². The largest absolute Gasteiger partial charge is 0.349 e. The minimum absolute atomic E-state index is 0. The SMILES string of the molecule is Cc1cc(C(=O)NC2CCNC(C)C2)c(C)n1-c1nccs1.Cl.Cl. The predicted molar refractivity (Wildman–Crippen MR) is 103 cm³/mol. The van der Waals surface area contributed by atoms with Gasteiger partial charge in [-0.15, -0.1) is 36.2 Å². The van der Waals surface area contributed by atoms with Crippen LogP contribution in [-0.4, -0.2) is 34.1 Å². The maximum atomic E-state index is 12.6. The maximum absolute atomic E-state index is 12.6. The number of carbonyl (C=O) groups excluding carboxylic acids is 1. The molecule has 2 unspecified atom stereocenters. The minimum Gasteiger partial charge on any atom is -0.349 e. The highest BCUT2D eigenvalue weighted by molar-refractivity contribution is 7.12. The molecule has 3 heterocycles. The summed E-state index contributed by atoms with van der Waals surface area (Å²) in [4.78, 5) is 17.0. The van der Waals surface area contributed by atoms with Crippen LogP contribution in [0.15, 0.2) is 17.6 Å². The summed E-state index contributed by atoms with van der Waals surface area (Å²) in [7, 11) is 0. The lowest BCUT2D eigenvalue weighted by atomic mass is 10.0. The second-order valence-electron chi connectivity index (χ2n) is 5.98. The first-order valence-electron chi connectivity index (χ1n) is 7.69. The Kier molecular flexibility index (Phi) is 7.73.